The van der Waals surface area contributed by atoms with Crippen LogP contribution in [0.2, 0.25) is 19.6 Å². The monoisotopic (exact) mass is 262 g/mol. The van der Waals surface area contributed by atoms with Crippen molar-refractivity contribution in [1.29, 1.82) is 0 Å². The topological polar surface area (TPSA) is 46.2 Å². The predicted octanol–water partition coefficient (Wildman–Crippen LogP) is 2.41. The van der Waals surface area contributed by atoms with Gasteiger partial charge in [-0.25, -0.2) is 0 Å². The van der Waals surface area contributed by atoms with Crippen molar-refractivity contribution >= 4 is 8.32 Å². The molecule has 1 heterocycles. The number of hydrogen-bond acceptors (Lipinski definition) is 5. The van der Waals surface area contributed by atoms with Crippen molar-refractivity contribution in [2.24, 2.45) is 0 Å². The highest BCUT2D eigenvalue weighted by atomic mass is 28.4. The summed E-state index contributed by atoms with van der Waals surface area (Å²) >= 11 is 0. The van der Waals surface area contributed by atoms with Gasteiger partial charge >= 0.3 is 5.95 Å². The van der Waals surface area contributed by atoms with E-state index < -0.39 is 19.9 Å². The molecule has 17 heavy (non-hydrogen) atoms. The Bertz CT molecular complexity index is 311. The maximum Gasteiger partial charge on any atom is 0.304 e. The summed E-state index contributed by atoms with van der Waals surface area (Å²) in [5.74, 6) is -1.72. The minimum Gasteiger partial charge on any atom is -0.517 e. The van der Waals surface area contributed by atoms with E-state index in [1.807, 2.05) is 0 Å². The molecule has 0 radical (unpaired) electrons. The van der Waals surface area contributed by atoms with Crippen LogP contribution in [-0.4, -0.2) is 34.1 Å². The zero-order chi connectivity index (χ0) is 13.3. The fourth-order valence-electron chi connectivity index (χ4n) is 1.38. The minimum absolute atomic E-state index is 0.336. The largest absolute Gasteiger partial charge is 0.517 e. The molecule has 0 spiro atoms. The van der Waals surface area contributed by atoms with Crippen molar-refractivity contribution in [2.45, 2.75) is 45.1 Å². The summed E-state index contributed by atoms with van der Waals surface area (Å²) in [5, 5.41) is 0. The molecule has 0 amide bonds. The molecule has 6 heteroatoms. The van der Waals surface area contributed by atoms with Crippen molar-refractivity contribution in [1.82, 2.24) is 0 Å². The molecule has 1 rings (SSSR count). The van der Waals surface area contributed by atoms with Crippen LogP contribution in [0, 0.1) is 0 Å². The third-order valence-electron chi connectivity index (χ3n) is 2.69. The van der Waals surface area contributed by atoms with Gasteiger partial charge in [-0.2, -0.15) is 0 Å². The summed E-state index contributed by atoms with van der Waals surface area (Å²) in [5.41, 5.74) is 0. The second-order valence-electron chi connectivity index (χ2n) is 5.17. The molecule has 5 nitrogen and oxygen atoms in total. The molecular weight excluding hydrogens is 240 g/mol. The lowest BCUT2D eigenvalue weighted by Gasteiger charge is -2.45. The maximum atomic E-state index is 5.73. The molecule has 0 aliphatic carbocycles. The molecule has 0 saturated heterocycles. The highest BCUT2D eigenvalue weighted by Crippen LogP contribution is 2.38. The normalized spacial score (nSPS) is 33.5. The van der Waals surface area contributed by atoms with Gasteiger partial charge in [-0.15, -0.1) is 0 Å². The van der Waals surface area contributed by atoms with Gasteiger partial charge in [0.05, 0.1) is 0 Å². The van der Waals surface area contributed by atoms with Gasteiger partial charge in [0.15, 0.2) is 6.26 Å². The van der Waals surface area contributed by atoms with E-state index in [0.29, 0.717) is 5.95 Å². The van der Waals surface area contributed by atoms with Crippen LogP contribution in [0.25, 0.3) is 0 Å². The van der Waals surface area contributed by atoms with E-state index in [2.05, 4.69) is 19.6 Å². The van der Waals surface area contributed by atoms with Crippen LogP contribution in [0.3, 0.4) is 0 Å². The minimum atomic E-state index is -1.75. The quantitative estimate of drug-likeness (QED) is 0.728. The molecule has 0 aromatic rings. The van der Waals surface area contributed by atoms with Crippen molar-refractivity contribution in [3.05, 3.63) is 12.2 Å². The zero-order valence-corrected chi connectivity index (χ0v) is 12.6. The van der Waals surface area contributed by atoms with Crippen LogP contribution in [0.4, 0.5) is 0 Å². The van der Waals surface area contributed by atoms with Gasteiger partial charge in [0.25, 0.3) is 11.6 Å². The fraction of sp³-hybridized carbons (Fsp3) is 0.818. The summed E-state index contributed by atoms with van der Waals surface area (Å²) in [6.45, 7) is 9.68. The number of methoxy groups -OCH3 is 2. The third kappa shape index (κ3) is 2.94. The summed E-state index contributed by atoms with van der Waals surface area (Å²) in [7, 11) is 1.33. The Morgan fingerprint density at radius 1 is 1.06 bits per heavy atom. The molecule has 0 aromatic carbocycles. The Kier molecular flexibility index (Phi) is 3.80. The molecule has 0 fully saturated rings. The van der Waals surface area contributed by atoms with Gasteiger partial charge < -0.3 is 23.4 Å². The zero-order valence-electron chi connectivity index (χ0n) is 11.6. The summed E-state index contributed by atoms with van der Waals surface area (Å²) in [6, 6.07) is 0. The first-order chi connectivity index (χ1) is 7.66. The van der Waals surface area contributed by atoms with Crippen molar-refractivity contribution in [3.8, 4) is 0 Å². The van der Waals surface area contributed by atoms with E-state index in [1.165, 1.54) is 13.4 Å². The van der Waals surface area contributed by atoms with Crippen LogP contribution in [0.15, 0.2) is 12.2 Å². The van der Waals surface area contributed by atoms with Crippen molar-refractivity contribution in [2.75, 3.05) is 14.2 Å². The van der Waals surface area contributed by atoms with Crippen molar-refractivity contribution in [3.63, 3.8) is 0 Å². The first kappa shape index (κ1) is 14.3. The van der Waals surface area contributed by atoms with E-state index in [4.69, 9.17) is 23.4 Å². The lowest BCUT2D eigenvalue weighted by atomic mass is 10.1. The van der Waals surface area contributed by atoms with Crippen LogP contribution in [-0.2, 0) is 23.4 Å². The highest BCUT2D eigenvalue weighted by molar-refractivity contribution is 6.69. The first-order valence-electron chi connectivity index (χ1n) is 5.52. The van der Waals surface area contributed by atoms with E-state index >= 15 is 0 Å². The van der Waals surface area contributed by atoms with Gasteiger partial charge in [0, 0.05) is 28.1 Å². The molecule has 0 aromatic heterocycles. The Balaban J connectivity index is 2.91. The fourth-order valence-corrected chi connectivity index (χ4v) is 2.08. The smallest absolute Gasteiger partial charge is 0.304 e. The first-order valence-corrected chi connectivity index (χ1v) is 8.93. The van der Waals surface area contributed by atoms with Crippen LogP contribution in [0.5, 0.6) is 0 Å². The standard InChI is InChI=1S/C11H22O5Si/c1-10(12-3)11(2,13-4)15-9(8-14-10)16-17(5,6)7/h8H,1-7H3/t10-,11-/m1/s1. The highest BCUT2D eigenvalue weighted by Gasteiger charge is 2.54. The van der Waals surface area contributed by atoms with E-state index in [9.17, 15) is 0 Å². The molecule has 0 saturated carbocycles. The maximum absolute atomic E-state index is 5.73. The predicted molar refractivity (Wildman–Crippen MR) is 65.5 cm³/mol. The molecule has 100 valence electrons. The van der Waals surface area contributed by atoms with Gasteiger partial charge in [0.1, 0.15) is 0 Å². The average Bonchev–Trinajstić information content (AvgIpc) is 2.21. The second-order valence-corrected chi connectivity index (χ2v) is 9.60. The molecule has 0 bridgehead atoms. The Hall–Kier alpha value is -0.723. The lowest BCUT2D eigenvalue weighted by Crippen LogP contribution is -2.57. The Morgan fingerprint density at radius 2 is 1.59 bits per heavy atom. The van der Waals surface area contributed by atoms with Crippen molar-refractivity contribution < 1.29 is 23.4 Å². The third-order valence-corrected chi connectivity index (χ3v) is 3.50. The molecular formula is C11H22O5Si. The molecule has 0 N–H and O–H groups in total. The Labute approximate surface area is 104 Å². The van der Waals surface area contributed by atoms with Crippen LogP contribution >= 0.6 is 0 Å². The SMILES string of the molecule is CO[C@]1(C)OC=C(O[Si](C)(C)C)O[C@@]1(C)OC. The number of rotatable bonds is 4. The number of hydrogen-bond donors (Lipinski definition) is 0. The lowest BCUT2D eigenvalue weighted by molar-refractivity contribution is -0.385. The summed E-state index contributed by atoms with van der Waals surface area (Å²) < 4.78 is 27.6. The van der Waals surface area contributed by atoms with Gasteiger partial charge in [0.2, 0.25) is 8.32 Å². The van der Waals surface area contributed by atoms with Gasteiger partial charge in [-0.05, 0) is 19.6 Å². The molecule has 1 aliphatic rings. The van der Waals surface area contributed by atoms with E-state index in [-0.39, 0.29) is 0 Å². The number of ether oxygens (including phenoxy) is 4. The van der Waals surface area contributed by atoms with E-state index in [0.717, 1.165) is 0 Å². The molecule has 1 aliphatic heterocycles. The van der Waals surface area contributed by atoms with Crippen LogP contribution in [0.1, 0.15) is 13.8 Å². The second kappa shape index (κ2) is 4.51. The van der Waals surface area contributed by atoms with Gasteiger partial charge in [-0.1, -0.05) is 0 Å². The Morgan fingerprint density at radius 3 is 2.00 bits per heavy atom. The average molecular weight is 262 g/mol. The van der Waals surface area contributed by atoms with Gasteiger partial charge in [-0.3, -0.25) is 0 Å². The van der Waals surface area contributed by atoms with E-state index in [1.54, 1.807) is 21.0 Å². The molecule has 2 atom stereocenters. The molecule has 0 unspecified atom stereocenters. The van der Waals surface area contributed by atoms with Crippen LogP contribution < -0.4 is 0 Å². The summed E-state index contributed by atoms with van der Waals surface area (Å²) in [6.07, 6.45) is 1.43. The summed E-state index contributed by atoms with van der Waals surface area (Å²) in [4.78, 5) is 0.